The Hall–Kier alpha value is 1.11. The average molecular weight is 237 g/mol. The molecule has 81 valence electrons. The third-order valence-corrected chi connectivity index (χ3v) is 2.29. The third kappa shape index (κ3) is 3.60. The first-order chi connectivity index (χ1) is 5.57. The maximum Gasteiger partial charge on any atom is 0.129 e. The van der Waals surface area contributed by atoms with E-state index in [2.05, 4.69) is 12.6 Å². The predicted molar refractivity (Wildman–Crippen MR) is 52.1 cm³/mol. The minimum atomic E-state index is -1.32. The van der Waals surface area contributed by atoms with Crippen molar-refractivity contribution in [3.8, 4) is 0 Å². The monoisotopic (exact) mass is 237 g/mol. The van der Waals surface area contributed by atoms with Crippen molar-refractivity contribution in [3.63, 3.8) is 0 Å². The van der Waals surface area contributed by atoms with E-state index in [9.17, 15) is 10.2 Å². The van der Waals surface area contributed by atoms with Crippen LogP contribution in [0.25, 0.3) is 0 Å². The van der Waals surface area contributed by atoms with Gasteiger partial charge in [-0.3, -0.25) is 0 Å². The number of rotatable bonds is 1. The zero-order valence-electron chi connectivity index (χ0n) is 7.74. The summed E-state index contributed by atoms with van der Waals surface area (Å²) in [5.41, 5.74) is -0.874. The number of ether oxygens (including phenoxy) is 1. The molecule has 1 aliphatic heterocycles. The molecule has 1 rings (SSSR count). The molecule has 14 heavy (non-hydrogen) atoms. The fraction of sp³-hybridized carbons (Fsp3) is 1.00. The zero-order valence-corrected chi connectivity index (χ0v) is 10.6. The van der Waals surface area contributed by atoms with Crippen molar-refractivity contribution < 1.29 is 30.6 Å². The van der Waals surface area contributed by atoms with Gasteiger partial charge in [0.05, 0.1) is 6.61 Å². The second kappa shape index (κ2) is 7.39. The van der Waals surface area contributed by atoms with Gasteiger partial charge in [0.2, 0.25) is 0 Å². The van der Waals surface area contributed by atoms with Crippen LogP contribution >= 0.6 is 12.6 Å². The zero-order chi connectivity index (χ0) is 9.30. The van der Waals surface area contributed by atoms with Gasteiger partial charge >= 0.3 is 0 Å². The van der Waals surface area contributed by atoms with Crippen molar-refractivity contribution in [2.45, 2.75) is 29.9 Å². The van der Waals surface area contributed by atoms with Crippen molar-refractivity contribution in [2.75, 3.05) is 6.61 Å². The number of aliphatic hydroxyl groups is 4. The van der Waals surface area contributed by atoms with E-state index >= 15 is 0 Å². The standard InChI is InChI=1S/C6H12O5S.Na.H2O/c7-1-2-3(8)4(9)5(10)6(12)11-2;;/h2-10,12H,1H2;;1H2/t2-,3-,4+,5-,6+;;/m1../s1. The summed E-state index contributed by atoms with van der Waals surface area (Å²) in [5.74, 6) is 0. The number of hydrogen-bond acceptors (Lipinski definition) is 6. The molecule has 0 spiro atoms. The second-order valence-corrected chi connectivity index (χ2v) is 3.23. The van der Waals surface area contributed by atoms with Crippen LogP contribution in [0.1, 0.15) is 0 Å². The van der Waals surface area contributed by atoms with Crippen molar-refractivity contribution in [2.24, 2.45) is 0 Å². The molecule has 5 atom stereocenters. The van der Waals surface area contributed by atoms with Crippen LogP contribution in [0.15, 0.2) is 0 Å². The molecular formula is C6H14NaO6S. The Bertz CT molecular complexity index is 157. The molecule has 1 aliphatic rings. The van der Waals surface area contributed by atoms with Crippen LogP contribution in [0.3, 0.4) is 0 Å². The van der Waals surface area contributed by atoms with Gasteiger partial charge in [-0.05, 0) is 0 Å². The SMILES string of the molecule is O.OC[C@H]1O[C@@H](S)[C@H](O)[C@@H](O)[C@@H]1O.[Na]. The van der Waals surface area contributed by atoms with Crippen LogP contribution < -0.4 is 0 Å². The summed E-state index contributed by atoms with van der Waals surface area (Å²) in [7, 11) is 0. The van der Waals surface area contributed by atoms with E-state index in [-0.39, 0.29) is 35.0 Å². The Morgan fingerprint density at radius 3 is 2.00 bits per heavy atom. The van der Waals surface area contributed by atoms with E-state index < -0.39 is 36.5 Å². The molecule has 0 aromatic rings. The summed E-state index contributed by atoms with van der Waals surface area (Å²) in [6.45, 7) is -0.415. The Balaban J connectivity index is 0. The summed E-state index contributed by atoms with van der Waals surface area (Å²) < 4.78 is 4.88. The molecular weight excluding hydrogens is 223 g/mol. The van der Waals surface area contributed by atoms with E-state index in [1.165, 1.54) is 0 Å². The van der Waals surface area contributed by atoms with Crippen molar-refractivity contribution in [1.29, 1.82) is 0 Å². The molecule has 1 heterocycles. The van der Waals surface area contributed by atoms with Gasteiger partial charge in [0.25, 0.3) is 0 Å². The molecule has 1 radical (unpaired) electrons. The van der Waals surface area contributed by atoms with E-state index in [0.29, 0.717) is 0 Å². The predicted octanol–water partition coefficient (Wildman–Crippen LogP) is -3.49. The van der Waals surface area contributed by atoms with Crippen LogP contribution in [0.2, 0.25) is 0 Å². The van der Waals surface area contributed by atoms with Gasteiger partial charge in [-0.1, -0.05) is 0 Å². The molecule has 0 aliphatic carbocycles. The van der Waals surface area contributed by atoms with Crippen molar-refractivity contribution in [1.82, 2.24) is 0 Å². The Morgan fingerprint density at radius 2 is 1.57 bits per heavy atom. The summed E-state index contributed by atoms with van der Waals surface area (Å²) in [6.07, 6.45) is -4.70. The largest absolute Gasteiger partial charge is 0.412 e. The van der Waals surface area contributed by atoms with E-state index in [1.54, 1.807) is 0 Å². The van der Waals surface area contributed by atoms with Gasteiger partial charge in [-0.25, -0.2) is 0 Å². The minimum Gasteiger partial charge on any atom is -0.412 e. The molecule has 0 unspecified atom stereocenters. The molecule has 0 amide bonds. The van der Waals surface area contributed by atoms with Gasteiger partial charge < -0.3 is 30.6 Å². The van der Waals surface area contributed by atoms with Crippen LogP contribution in [0.4, 0.5) is 0 Å². The molecule has 1 saturated heterocycles. The maximum absolute atomic E-state index is 9.20. The summed E-state index contributed by atoms with van der Waals surface area (Å²) >= 11 is 3.81. The number of thiol groups is 1. The molecule has 0 saturated carbocycles. The van der Waals surface area contributed by atoms with E-state index in [1.807, 2.05) is 0 Å². The molecule has 6 nitrogen and oxygen atoms in total. The van der Waals surface area contributed by atoms with Gasteiger partial charge in [-0.15, -0.1) is 12.6 Å². The Morgan fingerprint density at radius 1 is 1.07 bits per heavy atom. The van der Waals surface area contributed by atoms with E-state index in [4.69, 9.17) is 14.9 Å². The summed E-state index contributed by atoms with van der Waals surface area (Å²) in [6, 6.07) is 0. The fourth-order valence-corrected chi connectivity index (χ4v) is 1.41. The molecule has 0 bridgehead atoms. The third-order valence-electron chi connectivity index (χ3n) is 1.87. The molecule has 8 heteroatoms. The first kappa shape index (κ1) is 17.5. The number of aliphatic hydroxyl groups excluding tert-OH is 4. The first-order valence-corrected chi connectivity index (χ1v) is 4.08. The first-order valence-electron chi connectivity index (χ1n) is 3.56. The quantitative estimate of drug-likeness (QED) is 0.239. The van der Waals surface area contributed by atoms with Crippen LogP contribution in [-0.2, 0) is 4.74 Å². The molecule has 6 N–H and O–H groups in total. The molecule has 0 aromatic heterocycles. The minimum absolute atomic E-state index is 0. The van der Waals surface area contributed by atoms with Crippen LogP contribution in [0, 0.1) is 0 Å². The second-order valence-electron chi connectivity index (χ2n) is 2.72. The van der Waals surface area contributed by atoms with Gasteiger partial charge in [0, 0.05) is 29.6 Å². The van der Waals surface area contributed by atoms with Gasteiger partial charge in [0.1, 0.15) is 29.9 Å². The summed E-state index contributed by atoms with van der Waals surface area (Å²) in [5, 5.41) is 36.2. The fourth-order valence-electron chi connectivity index (χ4n) is 1.08. The Kier molecular flexibility index (Phi) is 9.24. The number of hydrogen-bond donors (Lipinski definition) is 5. The van der Waals surface area contributed by atoms with Crippen LogP contribution in [0.5, 0.6) is 0 Å². The maximum atomic E-state index is 9.20. The van der Waals surface area contributed by atoms with Crippen LogP contribution in [-0.4, -0.2) is 91.9 Å². The normalized spacial score (nSPS) is 42.2. The Labute approximate surface area is 109 Å². The van der Waals surface area contributed by atoms with Gasteiger partial charge in [0.15, 0.2) is 0 Å². The smallest absolute Gasteiger partial charge is 0.129 e. The van der Waals surface area contributed by atoms with Gasteiger partial charge in [-0.2, -0.15) is 0 Å². The summed E-state index contributed by atoms with van der Waals surface area (Å²) in [4.78, 5) is 0. The molecule has 1 fully saturated rings. The van der Waals surface area contributed by atoms with E-state index in [0.717, 1.165) is 0 Å². The molecule has 0 aromatic carbocycles. The van der Waals surface area contributed by atoms with Crippen molar-refractivity contribution in [3.05, 3.63) is 0 Å². The van der Waals surface area contributed by atoms with Crippen molar-refractivity contribution >= 4 is 42.2 Å². The average Bonchev–Trinajstić information content (AvgIpc) is 2.08. The topological polar surface area (TPSA) is 122 Å².